The highest BCUT2D eigenvalue weighted by molar-refractivity contribution is 14.0. The quantitative estimate of drug-likeness (QED) is 0.361. The van der Waals surface area contributed by atoms with Crippen molar-refractivity contribution in [2.75, 3.05) is 68.8 Å². The summed E-state index contributed by atoms with van der Waals surface area (Å²) >= 11 is 0. The topological polar surface area (TPSA) is 56.2 Å². The number of nitrogens with one attached hydrogen (secondary N) is 1. The second kappa shape index (κ2) is 12.1. The average molecular weight is 536 g/mol. The molecule has 0 bridgehead atoms. The minimum atomic E-state index is 0. The van der Waals surface area contributed by atoms with E-state index in [-0.39, 0.29) is 24.0 Å². The number of anilines is 2. The molecule has 2 saturated heterocycles. The number of benzene rings is 1. The zero-order valence-corrected chi connectivity index (χ0v) is 20.6. The van der Waals surface area contributed by atoms with E-state index in [1.54, 1.807) is 0 Å². The fourth-order valence-electron chi connectivity index (χ4n) is 4.01. The minimum absolute atomic E-state index is 0. The average Bonchev–Trinajstić information content (AvgIpc) is 2.83. The van der Waals surface area contributed by atoms with Gasteiger partial charge in [-0.15, -0.1) is 24.0 Å². The lowest BCUT2D eigenvalue weighted by molar-refractivity contribution is 0.122. The molecular weight excluding hydrogens is 503 g/mol. The lowest BCUT2D eigenvalue weighted by Gasteiger charge is -2.37. The predicted octanol–water partition coefficient (Wildman–Crippen LogP) is 2.82. The number of guanidine groups is 1. The number of piperazine rings is 1. The van der Waals surface area contributed by atoms with Crippen LogP contribution in [0.4, 0.5) is 11.5 Å². The van der Waals surface area contributed by atoms with Crippen LogP contribution >= 0.6 is 24.0 Å². The number of rotatable bonds is 5. The summed E-state index contributed by atoms with van der Waals surface area (Å²) in [6.45, 7) is 10.8. The van der Waals surface area contributed by atoms with Crippen molar-refractivity contribution in [2.24, 2.45) is 4.99 Å². The van der Waals surface area contributed by atoms with E-state index >= 15 is 0 Å². The highest BCUT2D eigenvalue weighted by atomic mass is 127. The zero-order valence-electron chi connectivity index (χ0n) is 18.2. The largest absolute Gasteiger partial charge is 0.378 e. The molecule has 3 heterocycles. The summed E-state index contributed by atoms with van der Waals surface area (Å²) in [6.07, 6.45) is 1.87. The number of morpholine rings is 1. The van der Waals surface area contributed by atoms with E-state index in [0.717, 1.165) is 76.4 Å². The molecule has 0 spiro atoms. The summed E-state index contributed by atoms with van der Waals surface area (Å²) in [5.41, 5.74) is 2.46. The molecule has 1 aromatic heterocycles. The predicted molar refractivity (Wildman–Crippen MR) is 138 cm³/mol. The molecule has 1 aromatic carbocycles. The van der Waals surface area contributed by atoms with E-state index in [9.17, 15) is 0 Å². The number of pyridine rings is 1. The Balaban J connectivity index is 0.00000272. The van der Waals surface area contributed by atoms with Gasteiger partial charge >= 0.3 is 0 Å². The maximum absolute atomic E-state index is 5.49. The Morgan fingerprint density at radius 2 is 1.71 bits per heavy atom. The van der Waals surface area contributed by atoms with Crippen LogP contribution in [0, 0.1) is 0 Å². The van der Waals surface area contributed by atoms with Gasteiger partial charge in [-0.05, 0) is 25.1 Å². The fourth-order valence-corrected chi connectivity index (χ4v) is 4.01. The van der Waals surface area contributed by atoms with Gasteiger partial charge in [0.05, 0.1) is 19.8 Å². The summed E-state index contributed by atoms with van der Waals surface area (Å²) in [7, 11) is 0. The van der Waals surface area contributed by atoms with E-state index in [1.807, 2.05) is 12.3 Å². The highest BCUT2D eigenvalue weighted by Crippen LogP contribution is 2.20. The Bertz CT molecular complexity index is 820. The van der Waals surface area contributed by atoms with E-state index < -0.39 is 0 Å². The van der Waals surface area contributed by atoms with Crippen LogP contribution in [0.1, 0.15) is 12.5 Å². The number of aliphatic imine (C=N–C) groups is 1. The molecule has 0 aliphatic carbocycles. The Hall–Kier alpha value is -2.07. The molecule has 8 heteroatoms. The van der Waals surface area contributed by atoms with Gasteiger partial charge in [0.1, 0.15) is 5.82 Å². The molecular formula is C23H33IN6O. The second-order valence-electron chi connectivity index (χ2n) is 7.57. The van der Waals surface area contributed by atoms with Crippen LogP contribution in [0.25, 0.3) is 0 Å². The van der Waals surface area contributed by atoms with Crippen LogP contribution in [0.5, 0.6) is 0 Å². The number of para-hydroxylation sites is 1. The highest BCUT2D eigenvalue weighted by Gasteiger charge is 2.20. The lowest BCUT2D eigenvalue weighted by Crippen LogP contribution is -2.52. The zero-order chi connectivity index (χ0) is 20.6. The SMILES string of the molecule is CCNC(=NCc1cccnc1N1CCOCC1)N1CCN(c2ccccc2)CC1.I. The van der Waals surface area contributed by atoms with Crippen LogP contribution in [0.2, 0.25) is 0 Å². The summed E-state index contributed by atoms with van der Waals surface area (Å²) in [5, 5.41) is 3.48. The van der Waals surface area contributed by atoms with Gasteiger partial charge in [-0.2, -0.15) is 0 Å². The number of aromatic nitrogens is 1. The molecule has 2 fully saturated rings. The Morgan fingerprint density at radius 1 is 0.968 bits per heavy atom. The van der Waals surface area contributed by atoms with Gasteiger partial charge in [-0.3, -0.25) is 0 Å². The van der Waals surface area contributed by atoms with Crippen molar-refractivity contribution in [3.8, 4) is 0 Å². The molecule has 0 unspecified atom stereocenters. The van der Waals surface area contributed by atoms with Gasteiger partial charge < -0.3 is 24.8 Å². The maximum Gasteiger partial charge on any atom is 0.194 e. The van der Waals surface area contributed by atoms with Crippen LogP contribution < -0.4 is 15.1 Å². The Kier molecular flexibility index (Phi) is 9.20. The number of halogens is 1. The molecule has 4 rings (SSSR count). The first-order chi connectivity index (χ1) is 14.8. The monoisotopic (exact) mass is 536 g/mol. The lowest BCUT2D eigenvalue weighted by atomic mass is 10.2. The first kappa shape index (κ1) is 23.6. The van der Waals surface area contributed by atoms with Crippen LogP contribution in [0.3, 0.4) is 0 Å². The van der Waals surface area contributed by atoms with Crippen LogP contribution in [0.15, 0.2) is 53.7 Å². The first-order valence-electron chi connectivity index (χ1n) is 10.9. The Morgan fingerprint density at radius 3 is 2.42 bits per heavy atom. The summed E-state index contributed by atoms with van der Waals surface area (Å²) in [5.74, 6) is 2.02. The summed E-state index contributed by atoms with van der Waals surface area (Å²) in [6, 6.07) is 14.8. The van der Waals surface area contributed by atoms with Crippen molar-refractivity contribution in [1.29, 1.82) is 0 Å². The van der Waals surface area contributed by atoms with E-state index in [4.69, 9.17) is 9.73 Å². The molecule has 0 atom stereocenters. The fraction of sp³-hybridized carbons (Fsp3) is 0.478. The number of nitrogens with zero attached hydrogens (tertiary/aromatic N) is 5. The van der Waals surface area contributed by atoms with Crippen molar-refractivity contribution >= 4 is 41.4 Å². The molecule has 0 amide bonds. The second-order valence-corrected chi connectivity index (χ2v) is 7.57. The Labute approximate surface area is 202 Å². The third-order valence-corrected chi connectivity index (χ3v) is 5.61. The van der Waals surface area contributed by atoms with Gasteiger partial charge in [-0.25, -0.2) is 9.98 Å². The van der Waals surface area contributed by atoms with Crippen LogP contribution in [-0.2, 0) is 11.3 Å². The van der Waals surface area contributed by atoms with Gasteiger partial charge in [0.15, 0.2) is 5.96 Å². The van der Waals surface area contributed by atoms with Crippen molar-refractivity contribution in [3.05, 3.63) is 54.2 Å². The van der Waals surface area contributed by atoms with Crippen molar-refractivity contribution in [1.82, 2.24) is 15.2 Å². The van der Waals surface area contributed by atoms with E-state index in [0.29, 0.717) is 6.54 Å². The minimum Gasteiger partial charge on any atom is -0.378 e. The molecule has 0 radical (unpaired) electrons. The molecule has 0 saturated carbocycles. The molecule has 31 heavy (non-hydrogen) atoms. The number of hydrogen-bond donors (Lipinski definition) is 1. The number of hydrogen-bond acceptors (Lipinski definition) is 5. The molecule has 2 aromatic rings. The van der Waals surface area contributed by atoms with Gasteiger partial charge in [0, 0.05) is 63.3 Å². The van der Waals surface area contributed by atoms with Crippen molar-refractivity contribution in [2.45, 2.75) is 13.5 Å². The van der Waals surface area contributed by atoms with Crippen LogP contribution in [-0.4, -0.2) is 74.9 Å². The van der Waals surface area contributed by atoms with Gasteiger partial charge in [0.25, 0.3) is 0 Å². The summed E-state index contributed by atoms with van der Waals surface area (Å²) in [4.78, 5) is 16.7. The third-order valence-electron chi connectivity index (χ3n) is 5.61. The maximum atomic E-state index is 5.49. The molecule has 2 aliphatic heterocycles. The van der Waals surface area contributed by atoms with E-state index in [1.165, 1.54) is 5.69 Å². The third kappa shape index (κ3) is 6.22. The standard InChI is InChI=1S/C23H32N6O.HI/c1-2-24-23(29-13-11-27(12-14-29)21-8-4-3-5-9-21)26-19-20-7-6-10-25-22(20)28-15-17-30-18-16-28;/h3-10H,2,11-19H2,1H3,(H,24,26);1H. The normalized spacial score (nSPS) is 17.3. The molecule has 1 N–H and O–H groups in total. The number of ether oxygens (including phenoxy) is 1. The van der Waals surface area contributed by atoms with Gasteiger partial charge in [0.2, 0.25) is 0 Å². The molecule has 7 nitrogen and oxygen atoms in total. The van der Waals surface area contributed by atoms with Crippen molar-refractivity contribution in [3.63, 3.8) is 0 Å². The molecule has 168 valence electrons. The first-order valence-corrected chi connectivity index (χ1v) is 10.9. The molecule has 2 aliphatic rings. The van der Waals surface area contributed by atoms with E-state index in [2.05, 4.69) is 68.3 Å². The van der Waals surface area contributed by atoms with Gasteiger partial charge in [-0.1, -0.05) is 24.3 Å². The smallest absolute Gasteiger partial charge is 0.194 e. The van der Waals surface area contributed by atoms with Crippen molar-refractivity contribution < 1.29 is 4.74 Å². The summed E-state index contributed by atoms with van der Waals surface area (Å²) < 4.78 is 5.49.